The minimum atomic E-state index is -0.498. The Hall–Kier alpha value is -3.46. The number of anilines is 2. The van der Waals surface area contributed by atoms with Gasteiger partial charge in [-0.25, -0.2) is 4.98 Å². The molecule has 0 saturated heterocycles. The van der Waals surface area contributed by atoms with E-state index in [2.05, 4.69) is 4.98 Å². The molecule has 0 bridgehead atoms. The molecule has 0 radical (unpaired) electrons. The van der Waals surface area contributed by atoms with E-state index in [1.165, 1.54) is 43.6 Å². The fourth-order valence-electron chi connectivity index (χ4n) is 2.80. The minimum Gasteiger partial charge on any atom is -0.493 e. The highest BCUT2D eigenvalue weighted by Crippen LogP contribution is 2.33. The fraction of sp³-hybridized carbons (Fsp3) is 0.238. The molecule has 0 fully saturated rings. The summed E-state index contributed by atoms with van der Waals surface area (Å²) in [4.78, 5) is 28.9. The molecular formula is C21H21N3O5S. The van der Waals surface area contributed by atoms with Crippen molar-refractivity contribution in [2.75, 3.05) is 12.0 Å². The number of rotatable bonds is 7. The second-order valence-corrected chi connectivity index (χ2v) is 7.46. The molecule has 0 aliphatic carbocycles. The number of hydrogen-bond donors (Lipinski definition) is 0. The van der Waals surface area contributed by atoms with Crippen molar-refractivity contribution in [3.05, 3.63) is 68.7 Å². The zero-order valence-corrected chi connectivity index (χ0v) is 17.9. The lowest BCUT2D eigenvalue weighted by Crippen LogP contribution is -2.22. The fourth-order valence-corrected chi connectivity index (χ4v) is 3.67. The van der Waals surface area contributed by atoms with Gasteiger partial charge in [-0.1, -0.05) is 6.07 Å². The van der Waals surface area contributed by atoms with Crippen molar-refractivity contribution in [1.29, 1.82) is 0 Å². The van der Waals surface area contributed by atoms with Crippen molar-refractivity contribution in [2.24, 2.45) is 0 Å². The molecule has 0 unspecified atom stereocenters. The molecule has 0 aliphatic heterocycles. The smallest absolute Gasteiger partial charge is 0.273 e. The van der Waals surface area contributed by atoms with Gasteiger partial charge in [0.2, 0.25) is 5.91 Å². The maximum atomic E-state index is 12.3. The summed E-state index contributed by atoms with van der Waals surface area (Å²) < 4.78 is 10.9. The largest absolute Gasteiger partial charge is 0.493 e. The van der Waals surface area contributed by atoms with Crippen molar-refractivity contribution < 1.29 is 19.2 Å². The molecule has 1 heterocycles. The van der Waals surface area contributed by atoms with Crippen LogP contribution in [0.2, 0.25) is 0 Å². The normalized spacial score (nSPS) is 10.5. The Kier molecular flexibility index (Phi) is 6.31. The van der Waals surface area contributed by atoms with Crippen LogP contribution in [0.1, 0.15) is 23.7 Å². The quantitative estimate of drug-likeness (QED) is 0.391. The van der Waals surface area contributed by atoms with Crippen molar-refractivity contribution in [3.8, 4) is 11.5 Å². The van der Waals surface area contributed by atoms with Gasteiger partial charge in [0.25, 0.3) is 5.69 Å². The number of hydrogen-bond acceptors (Lipinski definition) is 7. The number of benzene rings is 2. The number of nitrogens with zero attached hydrogens (tertiary/aromatic N) is 3. The van der Waals surface area contributed by atoms with Crippen LogP contribution in [0.4, 0.5) is 16.5 Å². The Morgan fingerprint density at radius 3 is 2.57 bits per heavy atom. The SMILES string of the molecule is COc1ccc([N+](=O)[O-])cc1OCc1csc(N(C(C)=O)c2ccc(C)c(C)c2)n1. The average molecular weight is 427 g/mol. The molecule has 9 heteroatoms. The summed E-state index contributed by atoms with van der Waals surface area (Å²) >= 11 is 1.32. The van der Waals surface area contributed by atoms with E-state index in [9.17, 15) is 14.9 Å². The van der Waals surface area contributed by atoms with Crippen LogP contribution in [0.15, 0.2) is 41.8 Å². The highest BCUT2D eigenvalue weighted by Gasteiger charge is 2.19. The average Bonchev–Trinajstić information content (AvgIpc) is 3.17. The van der Waals surface area contributed by atoms with Gasteiger partial charge in [0.1, 0.15) is 6.61 Å². The van der Waals surface area contributed by atoms with E-state index in [1.807, 2.05) is 32.0 Å². The van der Waals surface area contributed by atoms with Crippen molar-refractivity contribution in [2.45, 2.75) is 27.4 Å². The van der Waals surface area contributed by atoms with Gasteiger partial charge in [-0.05, 0) is 43.2 Å². The summed E-state index contributed by atoms with van der Waals surface area (Å²) in [5, 5.41) is 13.3. The Morgan fingerprint density at radius 2 is 1.93 bits per heavy atom. The van der Waals surface area contributed by atoms with Gasteiger partial charge in [-0.2, -0.15) is 0 Å². The van der Waals surface area contributed by atoms with Gasteiger partial charge in [0.15, 0.2) is 16.6 Å². The highest BCUT2D eigenvalue weighted by molar-refractivity contribution is 7.14. The number of nitro groups is 1. The summed E-state index contributed by atoms with van der Waals surface area (Å²) in [6.45, 7) is 5.57. The van der Waals surface area contributed by atoms with Crippen molar-refractivity contribution in [3.63, 3.8) is 0 Å². The summed E-state index contributed by atoms with van der Waals surface area (Å²) in [6.07, 6.45) is 0. The van der Waals surface area contributed by atoms with E-state index < -0.39 is 4.92 Å². The molecule has 1 aromatic heterocycles. The number of non-ortho nitro benzene ring substituents is 1. The van der Waals surface area contributed by atoms with Crippen molar-refractivity contribution >= 4 is 33.8 Å². The van der Waals surface area contributed by atoms with Crippen LogP contribution in [0, 0.1) is 24.0 Å². The zero-order valence-electron chi connectivity index (χ0n) is 17.0. The molecule has 3 rings (SSSR count). The first-order valence-corrected chi connectivity index (χ1v) is 9.95. The zero-order chi connectivity index (χ0) is 21.8. The molecule has 2 aromatic carbocycles. The van der Waals surface area contributed by atoms with Gasteiger partial charge >= 0.3 is 0 Å². The number of thiazole rings is 1. The third-order valence-corrected chi connectivity index (χ3v) is 5.40. The first-order valence-electron chi connectivity index (χ1n) is 9.07. The van der Waals surface area contributed by atoms with Gasteiger partial charge in [0.05, 0.1) is 29.5 Å². The molecule has 8 nitrogen and oxygen atoms in total. The third kappa shape index (κ3) is 4.57. The summed E-state index contributed by atoms with van der Waals surface area (Å²) in [6, 6.07) is 9.94. The Labute approximate surface area is 177 Å². The van der Waals surface area contributed by atoms with E-state index in [1.54, 1.807) is 10.3 Å². The topological polar surface area (TPSA) is 94.8 Å². The molecule has 30 heavy (non-hydrogen) atoms. The summed E-state index contributed by atoms with van der Waals surface area (Å²) in [5.41, 5.74) is 3.46. The first kappa shape index (κ1) is 21.3. The van der Waals surface area contributed by atoms with Crippen molar-refractivity contribution in [1.82, 2.24) is 4.98 Å². The van der Waals surface area contributed by atoms with Crippen LogP contribution < -0.4 is 14.4 Å². The predicted molar refractivity (Wildman–Crippen MR) is 115 cm³/mol. The van der Waals surface area contributed by atoms with Crippen LogP contribution >= 0.6 is 11.3 Å². The number of aryl methyl sites for hydroxylation is 2. The molecule has 0 spiro atoms. The number of nitro benzene ring substituents is 1. The van der Waals surface area contributed by atoms with Crippen LogP contribution in [-0.4, -0.2) is 22.9 Å². The van der Waals surface area contributed by atoms with E-state index >= 15 is 0 Å². The molecule has 0 aliphatic rings. The van der Waals surface area contributed by atoms with Crippen LogP contribution in [0.5, 0.6) is 11.5 Å². The lowest BCUT2D eigenvalue weighted by molar-refractivity contribution is -0.385. The van der Waals surface area contributed by atoms with E-state index in [0.29, 0.717) is 16.6 Å². The van der Waals surface area contributed by atoms with Gasteiger partial charge in [-0.15, -0.1) is 11.3 Å². The van der Waals surface area contributed by atoms with Crippen LogP contribution in [0.3, 0.4) is 0 Å². The second kappa shape index (κ2) is 8.91. The minimum absolute atomic E-state index is 0.0761. The van der Waals surface area contributed by atoms with E-state index in [-0.39, 0.29) is 24.0 Å². The maximum Gasteiger partial charge on any atom is 0.273 e. The lowest BCUT2D eigenvalue weighted by atomic mass is 10.1. The Morgan fingerprint density at radius 1 is 1.17 bits per heavy atom. The highest BCUT2D eigenvalue weighted by atomic mass is 32.1. The van der Waals surface area contributed by atoms with Gasteiger partial charge in [-0.3, -0.25) is 19.8 Å². The second-order valence-electron chi connectivity index (χ2n) is 6.63. The number of carbonyl (C=O) groups excluding carboxylic acids is 1. The molecule has 3 aromatic rings. The predicted octanol–water partition coefficient (Wildman–Crippen LogP) is 4.94. The number of ether oxygens (including phenoxy) is 2. The molecule has 1 amide bonds. The molecule has 0 saturated carbocycles. The Balaban J connectivity index is 1.82. The van der Waals surface area contributed by atoms with Crippen LogP contribution in [0.25, 0.3) is 0 Å². The molecular weight excluding hydrogens is 406 g/mol. The number of carbonyl (C=O) groups is 1. The summed E-state index contributed by atoms with van der Waals surface area (Å²) in [7, 11) is 1.46. The van der Waals surface area contributed by atoms with Gasteiger partial charge in [0, 0.05) is 18.4 Å². The molecule has 156 valence electrons. The summed E-state index contributed by atoms with van der Waals surface area (Å²) in [5.74, 6) is 0.482. The lowest BCUT2D eigenvalue weighted by Gasteiger charge is -2.19. The maximum absolute atomic E-state index is 12.3. The molecule has 0 N–H and O–H groups in total. The number of methoxy groups -OCH3 is 1. The van der Waals surface area contributed by atoms with Gasteiger partial charge < -0.3 is 9.47 Å². The Bertz CT molecular complexity index is 1100. The third-order valence-electron chi connectivity index (χ3n) is 4.53. The standard InChI is InChI=1S/C21H21N3O5S/c1-13-5-6-17(9-14(13)2)23(15(3)25)21-22-16(12-30-21)11-29-20-10-18(24(26)27)7-8-19(20)28-4/h5-10,12H,11H2,1-4H3. The van der Waals surface area contributed by atoms with E-state index in [0.717, 1.165) is 16.8 Å². The first-order chi connectivity index (χ1) is 14.3. The number of amides is 1. The van der Waals surface area contributed by atoms with Crippen LogP contribution in [-0.2, 0) is 11.4 Å². The number of aromatic nitrogens is 1. The monoisotopic (exact) mass is 427 g/mol. The molecule has 0 atom stereocenters. The van der Waals surface area contributed by atoms with E-state index in [4.69, 9.17) is 9.47 Å².